The molecule has 4 nitrogen and oxygen atoms in total. The first kappa shape index (κ1) is 14.3. The van der Waals surface area contributed by atoms with Crippen LogP contribution in [0.25, 0.3) is 0 Å². The van der Waals surface area contributed by atoms with Crippen molar-refractivity contribution >= 4 is 5.82 Å². The van der Waals surface area contributed by atoms with Crippen molar-refractivity contribution in [3.8, 4) is 0 Å². The Hall–Kier alpha value is -1.13. The molecule has 4 heteroatoms. The molecule has 0 saturated heterocycles. The third kappa shape index (κ3) is 3.25. The highest BCUT2D eigenvalue weighted by Crippen LogP contribution is 2.37. The van der Waals surface area contributed by atoms with Crippen LogP contribution >= 0.6 is 0 Å². The second-order valence-corrected chi connectivity index (χ2v) is 5.87. The standard InChI is InChI=1S/C15H25N3O/c1-11-4-3-6-15(10-11,19-2)13(16)8-12-5-7-18-14(17)9-12/h5,7,9,11,13H,3-4,6,8,10,16H2,1-2H3,(H2,17,18). The van der Waals surface area contributed by atoms with E-state index in [0.717, 1.165) is 24.8 Å². The number of nitrogen functional groups attached to an aromatic ring is 1. The molecule has 1 fully saturated rings. The summed E-state index contributed by atoms with van der Waals surface area (Å²) in [6.45, 7) is 2.28. The number of nitrogens with two attached hydrogens (primary N) is 2. The van der Waals surface area contributed by atoms with Gasteiger partial charge in [-0.2, -0.15) is 0 Å². The molecule has 19 heavy (non-hydrogen) atoms. The molecule has 1 aliphatic carbocycles. The van der Waals surface area contributed by atoms with Crippen LogP contribution in [0, 0.1) is 5.92 Å². The van der Waals surface area contributed by atoms with Crippen LogP contribution in [0.3, 0.4) is 0 Å². The number of pyridine rings is 1. The molecule has 1 saturated carbocycles. The van der Waals surface area contributed by atoms with E-state index in [1.54, 1.807) is 13.3 Å². The lowest BCUT2D eigenvalue weighted by atomic mass is 9.73. The van der Waals surface area contributed by atoms with Gasteiger partial charge in [0.05, 0.1) is 5.60 Å². The van der Waals surface area contributed by atoms with E-state index in [1.807, 2.05) is 12.1 Å². The summed E-state index contributed by atoms with van der Waals surface area (Å²) >= 11 is 0. The maximum Gasteiger partial charge on any atom is 0.123 e. The fraction of sp³-hybridized carbons (Fsp3) is 0.667. The van der Waals surface area contributed by atoms with Gasteiger partial charge in [-0.25, -0.2) is 4.98 Å². The Morgan fingerprint density at radius 3 is 3.00 bits per heavy atom. The topological polar surface area (TPSA) is 74.2 Å². The molecule has 3 atom stereocenters. The maximum absolute atomic E-state index is 6.45. The minimum Gasteiger partial charge on any atom is -0.384 e. The summed E-state index contributed by atoms with van der Waals surface area (Å²) in [5, 5.41) is 0. The third-order valence-electron chi connectivity index (χ3n) is 4.37. The van der Waals surface area contributed by atoms with Crippen molar-refractivity contribution in [2.75, 3.05) is 12.8 Å². The maximum atomic E-state index is 6.45. The molecule has 0 amide bonds. The molecule has 0 spiro atoms. The molecular formula is C15H25N3O. The molecular weight excluding hydrogens is 238 g/mol. The molecule has 3 unspecified atom stereocenters. The lowest BCUT2D eigenvalue weighted by Gasteiger charge is -2.43. The number of nitrogens with zero attached hydrogens (tertiary/aromatic N) is 1. The van der Waals surface area contributed by atoms with Crippen LogP contribution in [-0.2, 0) is 11.2 Å². The van der Waals surface area contributed by atoms with Crippen LogP contribution in [0.5, 0.6) is 0 Å². The molecule has 1 aromatic rings. The van der Waals surface area contributed by atoms with E-state index in [0.29, 0.717) is 11.7 Å². The number of aromatic nitrogens is 1. The van der Waals surface area contributed by atoms with Gasteiger partial charge in [0, 0.05) is 19.3 Å². The first-order valence-electron chi connectivity index (χ1n) is 7.07. The highest BCUT2D eigenvalue weighted by atomic mass is 16.5. The van der Waals surface area contributed by atoms with E-state index < -0.39 is 0 Å². The number of methoxy groups -OCH3 is 1. The molecule has 1 aliphatic rings. The van der Waals surface area contributed by atoms with Gasteiger partial charge >= 0.3 is 0 Å². The summed E-state index contributed by atoms with van der Waals surface area (Å²) in [5.41, 5.74) is 13.1. The Labute approximate surface area is 115 Å². The summed E-state index contributed by atoms with van der Waals surface area (Å²) in [6, 6.07) is 3.88. The number of rotatable bonds is 4. The highest BCUT2D eigenvalue weighted by Gasteiger charge is 2.40. The summed E-state index contributed by atoms with van der Waals surface area (Å²) < 4.78 is 5.84. The molecule has 1 aromatic heterocycles. The zero-order chi connectivity index (χ0) is 13.9. The van der Waals surface area contributed by atoms with E-state index in [4.69, 9.17) is 16.2 Å². The van der Waals surface area contributed by atoms with Crippen molar-refractivity contribution in [3.63, 3.8) is 0 Å². The predicted octanol–water partition coefficient (Wildman–Crippen LogP) is 2.13. The zero-order valence-electron chi connectivity index (χ0n) is 11.9. The Morgan fingerprint density at radius 1 is 1.58 bits per heavy atom. The lowest BCUT2D eigenvalue weighted by Crippen LogP contribution is -2.53. The smallest absolute Gasteiger partial charge is 0.123 e. The molecule has 0 radical (unpaired) electrons. The van der Waals surface area contributed by atoms with Gasteiger partial charge in [-0.1, -0.05) is 19.8 Å². The molecule has 106 valence electrons. The third-order valence-corrected chi connectivity index (χ3v) is 4.37. The number of anilines is 1. The van der Waals surface area contributed by atoms with Gasteiger partial charge in [0.2, 0.25) is 0 Å². The van der Waals surface area contributed by atoms with Gasteiger partial charge in [-0.05, 0) is 42.9 Å². The van der Waals surface area contributed by atoms with E-state index in [2.05, 4.69) is 11.9 Å². The molecule has 1 heterocycles. The van der Waals surface area contributed by atoms with Crippen molar-refractivity contribution in [2.24, 2.45) is 11.7 Å². The first-order chi connectivity index (χ1) is 9.05. The van der Waals surface area contributed by atoms with E-state index in [-0.39, 0.29) is 11.6 Å². The van der Waals surface area contributed by atoms with Crippen LogP contribution in [0.2, 0.25) is 0 Å². The van der Waals surface area contributed by atoms with E-state index in [9.17, 15) is 0 Å². The Bertz CT molecular complexity index is 424. The van der Waals surface area contributed by atoms with Gasteiger partial charge in [-0.3, -0.25) is 0 Å². The van der Waals surface area contributed by atoms with Crippen LogP contribution in [-0.4, -0.2) is 23.7 Å². The van der Waals surface area contributed by atoms with Crippen LogP contribution in [0.4, 0.5) is 5.82 Å². The van der Waals surface area contributed by atoms with Crippen molar-refractivity contribution in [2.45, 2.75) is 50.7 Å². The van der Waals surface area contributed by atoms with Gasteiger partial charge in [0.1, 0.15) is 5.82 Å². The largest absolute Gasteiger partial charge is 0.384 e. The fourth-order valence-corrected chi connectivity index (χ4v) is 3.28. The first-order valence-corrected chi connectivity index (χ1v) is 7.07. The second-order valence-electron chi connectivity index (χ2n) is 5.87. The lowest BCUT2D eigenvalue weighted by molar-refractivity contribution is -0.0705. The minimum absolute atomic E-state index is 0.00190. The average Bonchev–Trinajstić information content (AvgIpc) is 2.38. The highest BCUT2D eigenvalue weighted by molar-refractivity contribution is 5.32. The molecule has 0 bridgehead atoms. The molecule has 4 N–H and O–H groups in total. The summed E-state index contributed by atoms with van der Waals surface area (Å²) in [5.74, 6) is 1.23. The Morgan fingerprint density at radius 2 is 2.37 bits per heavy atom. The van der Waals surface area contributed by atoms with Gasteiger partial charge < -0.3 is 16.2 Å². The number of hydrogen-bond acceptors (Lipinski definition) is 4. The Balaban J connectivity index is 2.10. The SMILES string of the molecule is COC1(C(N)Cc2ccnc(N)c2)CCCC(C)C1. The van der Waals surface area contributed by atoms with Crippen molar-refractivity contribution in [3.05, 3.63) is 23.9 Å². The second kappa shape index (κ2) is 5.88. The Kier molecular flexibility index (Phi) is 4.42. The zero-order valence-corrected chi connectivity index (χ0v) is 11.9. The van der Waals surface area contributed by atoms with Gasteiger partial charge in [0.15, 0.2) is 0 Å². The summed E-state index contributed by atoms with van der Waals surface area (Å²) in [4.78, 5) is 4.01. The van der Waals surface area contributed by atoms with E-state index in [1.165, 1.54) is 12.8 Å². The van der Waals surface area contributed by atoms with Crippen molar-refractivity contribution in [1.82, 2.24) is 4.98 Å². The van der Waals surface area contributed by atoms with Crippen LogP contribution in [0.15, 0.2) is 18.3 Å². The fourth-order valence-electron chi connectivity index (χ4n) is 3.28. The number of hydrogen-bond donors (Lipinski definition) is 2. The van der Waals surface area contributed by atoms with Crippen molar-refractivity contribution in [1.29, 1.82) is 0 Å². The average molecular weight is 263 g/mol. The van der Waals surface area contributed by atoms with Crippen molar-refractivity contribution < 1.29 is 4.74 Å². The van der Waals surface area contributed by atoms with E-state index >= 15 is 0 Å². The predicted molar refractivity (Wildman–Crippen MR) is 77.7 cm³/mol. The van der Waals surface area contributed by atoms with Gasteiger partial charge in [0.25, 0.3) is 0 Å². The van der Waals surface area contributed by atoms with Gasteiger partial charge in [-0.15, -0.1) is 0 Å². The molecule has 2 rings (SSSR count). The quantitative estimate of drug-likeness (QED) is 0.872. The summed E-state index contributed by atoms with van der Waals surface area (Å²) in [7, 11) is 1.79. The monoisotopic (exact) mass is 263 g/mol. The van der Waals surface area contributed by atoms with Crippen LogP contribution < -0.4 is 11.5 Å². The van der Waals surface area contributed by atoms with Crippen LogP contribution in [0.1, 0.15) is 38.2 Å². The normalized spacial score (nSPS) is 29.1. The summed E-state index contributed by atoms with van der Waals surface area (Å²) in [6.07, 6.45) is 7.09. The molecule has 0 aliphatic heterocycles. The molecule has 0 aromatic carbocycles. The number of ether oxygens (including phenoxy) is 1. The minimum atomic E-state index is -0.185.